The van der Waals surface area contributed by atoms with Crippen LogP contribution in [0.3, 0.4) is 0 Å². The topological polar surface area (TPSA) is 42.2 Å². The van der Waals surface area contributed by atoms with Gasteiger partial charge in [0.25, 0.3) is 0 Å². The lowest BCUT2D eigenvalue weighted by atomic mass is 9.96. The molecule has 0 bridgehead atoms. The Bertz CT molecular complexity index is 327. The smallest absolute Gasteiger partial charge is 0.140 e. The molecule has 0 unspecified atom stereocenters. The van der Waals surface area contributed by atoms with Crippen molar-refractivity contribution in [1.82, 2.24) is 0 Å². The molecule has 13 heavy (non-hydrogen) atoms. The van der Waals surface area contributed by atoms with Gasteiger partial charge in [-0.05, 0) is 24.6 Å². The van der Waals surface area contributed by atoms with E-state index >= 15 is 0 Å². The van der Waals surface area contributed by atoms with Crippen molar-refractivity contribution in [1.29, 1.82) is 5.26 Å². The number of methoxy groups -OCH3 is 2. The van der Waals surface area contributed by atoms with Crippen LogP contribution in [0.4, 0.5) is 0 Å². The lowest BCUT2D eigenvalue weighted by molar-refractivity contribution is 0.391. The highest BCUT2D eigenvalue weighted by Gasteiger charge is 2.09. The molecule has 1 aromatic carbocycles. The van der Waals surface area contributed by atoms with Gasteiger partial charge < -0.3 is 9.47 Å². The fourth-order valence-electron chi connectivity index (χ4n) is 1.15. The third kappa shape index (κ3) is 1.73. The predicted molar refractivity (Wildman–Crippen MR) is 49.0 cm³/mol. The van der Waals surface area contributed by atoms with Crippen molar-refractivity contribution in [2.75, 3.05) is 14.2 Å². The largest absolute Gasteiger partial charge is 0.495 e. The van der Waals surface area contributed by atoms with Crippen LogP contribution in [0.1, 0.15) is 11.1 Å². The van der Waals surface area contributed by atoms with E-state index in [1.165, 1.54) is 14.2 Å². The van der Waals surface area contributed by atoms with E-state index in [1.807, 2.05) is 13.0 Å². The molecule has 0 radical (unpaired) electrons. The first-order chi connectivity index (χ1) is 6.22. The second kappa shape index (κ2) is 3.81. The quantitative estimate of drug-likeness (QED) is 0.691. The molecule has 68 valence electrons. The van der Waals surface area contributed by atoms with Gasteiger partial charge in [0.05, 0.1) is 14.2 Å². The van der Waals surface area contributed by atoms with Crippen LogP contribution in [-0.4, -0.2) is 14.2 Å². The number of nitriles is 1. The average molecular weight is 176 g/mol. The number of nitrogens with zero attached hydrogens (tertiary/aromatic N) is 1. The van der Waals surface area contributed by atoms with Gasteiger partial charge in [-0.15, -0.1) is 0 Å². The summed E-state index contributed by atoms with van der Waals surface area (Å²) >= 11 is 0. The van der Waals surface area contributed by atoms with Crippen molar-refractivity contribution < 1.29 is 9.47 Å². The number of ether oxygens (including phenoxy) is 2. The normalized spacial score (nSPS) is 9.08. The maximum atomic E-state index is 8.84. The molecule has 0 amide bonds. The summed E-state index contributed by atoms with van der Waals surface area (Å²) in [6.07, 6.45) is 0. The first-order valence-corrected chi connectivity index (χ1v) is 3.85. The molecule has 0 aliphatic rings. The maximum absolute atomic E-state index is 8.84. The average Bonchev–Trinajstić information content (AvgIpc) is 2.16. The summed E-state index contributed by atoms with van der Waals surface area (Å²) < 4.78 is 10.1. The lowest BCUT2D eigenvalue weighted by Crippen LogP contribution is -1.94. The Morgan fingerprint density at radius 3 is 1.92 bits per heavy atom. The Labute approximate surface area is 77.5 Å². The summed E-state index contributed by atoms with van der Waals surface area (Å²) in [7, 11) is 3.07. The molecule has 0 aromatic heterocycles. The van der Waals surface area contributed by atoms with E-state index in [4.69, 9.17) is 14.7 Å². The van der Waals surface area contributed by atoms with E-state index in [1.54, 1.807) is 12.1 Å². The van der Waals surface area contributed by atoms with E-state index in [0.29, 0.717) is 17.1 Å². The number of rotatable bonds is 2. The molecule has 0 saturated carbocycles. The Morgan fingerprint density at radius 2 is 1.62 bits per heavy atom. The molecule has 0 atom stereocenters. The second-order valence-electron chi connectivity index (χ2n) is 2.66. The van der Waals surface area contributed by atoms with Crippen LogP contribution in [0.25, 0.3) is 0 Å². The monoisotopic (exact) mass is 176 g/mol. The van der Waals surface area contributed by atoms with Gasteiger partial charge in [0.2, 0.25) is 0 Å². The van der Waals surface area contributed by atoms with Gasteiger partial charge in [-0.1, -0.05) is 0 Å². The maximum Gasteiger partial charge on any atom is 0.140 e. The Balaban J connectivity index is 3.36. The molecular weight excluding hydrogens is 165 g/mol. The minimum absolute atomic E-state index is 0.440. The van der Waals surface area contributed by atoms with Crippen LogP contribution in [0.15, 0.2) is 12.1 Å². The zero-order valence-corrected chi connectivity index (χ0v) is 7.92. The van der Waals surface area contributed by atoms with Gasteiger partial charge in [0.1, 0.15) is 23.1 Å². The Kier molecular flexibility index (Phi) is 2.76. The van der Waals surface area contributed by atoms with Crippen LogP contribution in [0, 0.1) is 18.3 Å². The minimum Gasteiger partial charge on any atom is -0.495 e. The van der Waals surface area contributed by atoms with Crippen molar-refractivity contribution in [3.05, 3.63) is 23.3 Å². The molecule has 0 heterocycles. The van der Waals surface area contributed by atoms with E-state index in [0.717, 1.165) is 5.56 Å². The van der Waals surface area contributed by atoms with Crippen molar-refractivity contribution in [3.8, 4) is 17.6 Å². The summed E-state index contributed by atoms with van der Waals surface area (Å²) in [5.74, 6) is 1.11. The first kappa shape index (κ1) is 9.40. The van der Waals surface area contributed by atoms with Gasteiger partial charge in [-0.3, -0.25) is 0 Å². The second-order valence-corrected chi connectivity index (χ2v) is 2.66. The van der Waals surface area contributed by atoms with E-state index in [-0.39, 0.29) is 0 Å². The molecule has 0 spiro atoms. The summed E-state index contributed by atoms with van der Waals surface area (Å²) in [5, 5.41) is 8.84. The van der Waals surface area contributed by atoms with Gasteiger partial charge >= 0.3 is 0 Å². The van der Waals surface area contributed by atoms with Crippen molar-refractivity contribution in [2.45, 2.75) is 6.92 Å². The minimum atomic E-state index is 0.440. The highest BCUT2D eigenvalue weighted by Crippen LogP contribution is 2.28. The molecule has 0 aliphatic carbocycles. The molecule has 0 N–H and O–H groups in total. The number of hydrogen-bond acceptors (Lipinski definition) is 3. The van der Waals surface area contributed by atoms with Gasteiger partial charge in [-0.2, -0.15) is 5.26 Å². The number of benzene rings is 1. The van der Waals surface area contributed by atoms with Crippen LogP contribution >= 0.6 is 0 Å². The molecule has 3 heteroatoms. The van der Waals surface area contributed by atoms with Gasteiger partial charge in [0, 0.05) is 0 Å². The van der Waals surface area contributed by atoms with Crippen molar-refractivity contribution in [2.24, 2.45) is 0 Å². The van der Waals surface area contributed by atoms with Gasteiger partial charge in [0.15, 0.2) is 0 Å². The summed E-state index contributed by atoms with van der Waals surface area (Å²) in [6.45, 7) is 1.92. The SMILES string of the molecule is COc1cc(C)cc(OC)c1[11C]#N. The standard InChI is InChI=1S/C10H11NO2/c1-7-4-9(12-2)8(6-11)10(5-7)13-3/h4-5H,1-3H3/i6-1. The number of hydrogen-bond donors (Lipinski definition) is 0. The summed E-state index contributed by atoms with van der Waals surface area (Å²) in [4.78, 5) is 0. The number of aryl methyl sites for hydroxylation is 1. The first-order valence-electron chi connectivity index (χ1n) is 3.85. The van der Waals surface area contributed by atoms with E-state index in [2.05, 4.69) is 0 Å². The predicted octanol–water partition coefficient (Wildman–Crippen LogP) is 1.88. The summed E-state index contributed by atoms with van der Waals surface area (Å²) in [5.41, 5.74) is 1.45. The lowest BCUT2D eigenvalue weighted by Gasteiger charge is -2.08. The molecule has 0 fully saturated rings. The zero-order valence-electron chi connectivity index (χ0n) is 7.92. The highest BCUT2D eigenvalue weighted by molar-refractivity contribution is 5.54. The van der Waals surface area contributed by atoms with Crippen LogP contribution in [0.2, 0.25) is 0 Å². The molecule has 0 aliphatic heterocycles. The fourth-order valence-corrected chi connectivity index (χ4v) is 1.15. The molecular formula is C10H11NO2. The molecule has 1 aromatic rings. The van der Waals surface area contributed by atoms with Gasteiger partial charge in [-0.25, -0.2) is 0 Å². The fraction of sp³-hybridized carbons (Fsp3) is 0.300. The van der Waals surface area contributed by atoms with E-state index in [9.17, 15) is 0 Å². The Morgan fingerprint density at radius 1 is 1.15 bits per heavy atom. The third-order valence-corrected chi connectivity index (χ3v) is 1.76. The highest BCUT2D eigenvalue weighted by atomic mass is 16.5. The molecule has 1 rings (SSSR count). The zero-order chi connectivity index (χ0) is 9.84. The van der Waals surface area contributed by atoms with Crippen molar-refractivity contribution in [3.63, 3.8) is 0 Å². The summed E-state index contributed by atoms with van der Waals surface area (Å²) in [6, 6.07) is 5.66. The van der Waals surface area contributed by atoms with Crippen LogP contribution < -0.4 is 9.47 Å². The molecule has 3 nitrogen and oxygen atoms in total. The van der Waals surface area contributed by atoms with Crippen LogP contribution in [-0.2, 0) is 0 Å². The van der Waals surface area contributed by atoms with E-state index < -0.39 is 0 Å². The van der Waals surface area contributed by atoms with Crippen molar-refractivity contribution >= 4 is 0 Å². The Hall–Kier alpha value is -1.69. The third-order valence-electron chi connectivity index (χ3n) is 1.76. The molecule has 0 saturated heterocycles. The van der Waals surface area contributed by atoms with Crippen LogP contribution in [0.5, 0.6) is 11.5 Å².